The van der Waals surface area contributed by atoms with Gasteiger partial charge in [0.15, 0.2) is 0 Å². The van der Waals surface area contributed by atoms with Crippen LogP contribution in [-0.2, 0) is 6.54 Å². The van der Waals surface area contributed by atoms with Gasteiger partial charge in [0, 0.05) is 13.1 Å². The molecule has 2 rings (SSSR count). The average Bonchev–Trinajstić information content (AvgIpc) is 2.74. The third kappa shape index (κ3) is 3.03. The van der Waals surface area contributed by atoms with Crippen molar-refractivity contribution in [3.05, 3.63) is 51.1 Å². The van der Waals surface area contributed by atoms with Crippen molar-refractivity contribution in [3.63, 3.8) is 0 Å². The predicted molar refractivity (Wildman–Crippen MR) is 71.5 cm³/mol. The van der Waals surface area contributed by atoms with Gasteiger partial charge >= 0.3 is 5.69 Å². The number of aryl methyl sites for hydroxylation is 1. The van der Waals surface area contributed by atoms with Gasteiger partial charge in [0.1, 0.15) is 16.7 Å². The molecule has 2 heterocycles. The summed E-state index contributed by atoms with van der Waals surface area (Å²) >= 11 is 5.79. The molecule has 0 amide bonds. The van der Waals surface area contributed by atoms with Crippen LogP contribution < -0.4 is 4.90 Å². The number of hydrogen-bond acceptors (Lipinski definition) is 5. The summed E-state index contributed by atoms with van der Waals surface area (Å²) in [5.41, 5.74) is -0.0878. The molecule has 0 atom stereocenters. The number of hydrogen-bond donors (Lipinski definition) is 0. The molecule has 6 nitrogen and oxygen atoms in total. The molecule has 0 fully saturated rings. The zero-order valence-electron chi connectivity index (χ0n) is 10.5. The summed E-state index contributed by atoms with van der Waals surface area (Å²) < 4.78 is 5.43. The monoisotopic (exact) mass is 281 g/mol. The van der Waals surface area contributed by atoms with Crippen LogP contribution in [0.5, 0.6) is 0 Å². The molecule has 0 saturated carbocycles. The normalized spacial score (nSPS) is 10.5. The number of furan rings is 1. The summed E-state index contributed by atoms with van der Waals surface area (Å²) in [7, 11) is 1.70. The van der Waals surface area contributed by atoms with Gasteiger partial charge in [-0.1, -0.05) is 11.6 Å². The average molecular weight is 282 g/mol. The first-order valence-corrected chi connectivity index (χ1v) is 5.92. The fourth-order valence-corrected chi connectivity index (χ4v) is 1.86. The molecule has 0 saturated heterocycles. The molecule has 0 aliphatic rings. The molecule has 0 N–H and O–H groups in total. The molecule has 7 heteroatoms. The molecule has 0 aliphatic carbocycles. The minimum absolute atomic E-state index is 0.0878. The molecule has 0 bridgehead atoms. The lowest BCUT2D eigenvalue weighted by Crippen LogP contribution is -2.18. The number of nitro groups is 1. The van der Waals surface area contributed by atoms with Crippen LogP contribution in [0.2, 0.25) is 5.15 Å². The molecule has 0 aliphatic heterocycles. The Labute approximate surface area is 114 Å². The van der Waals surface area contributed by atoms with E-state index in [9.17, 15) is 10.1 Å². The van der Waals surface area contributed by atoms with E-state index in [2.05, 4.69) is 4.98 Å². The Morgan fingerprint density at radius 1 is 1.42 bits per heavy atom. The summed E-state index contributed by atoms with van der Waals surface area (Å²) in [5.74, 6) is 1.71. The van der Waals surface area contributed by atoms with Crippen LogP contribution in [0.3, 0.4) is 0 Å². The lowest BCUT2D eigenvalue weighted by molar-refractivity contribution is -0.384. The lowest BCUT2D eigenvalue weighted by atomic mass is 10.3. The molecule has 2 aromatic heterocycles. The number of pyridine rings is 1. The highest BCUT2D eigenvalue weighted by atomic mass is 35.5. The molecular weight excluding hydrogens is 270 g/mol. The molecule has 0 aromatic carbocycles. The van der Waals surface area contributed by atoms with Gasteiger partial charge in [-0.3, -0.25) is 10.1 Å². The second kappa shape index (κ2) is 5.27. The molecule has 2 aromatic rings. The molecule has 19 heavy (non-hydrogen) atoms. The minimum Gasteiger partial charge on any atom is -0.464 e. The van der Waals surface area contributed by atoms with Gasteiger partial charge in [-0.25, -0.2) is 4.98 Å². The van der Waals surface area contributed by atoms with Crippen molar-refractivity contribution < 1.29 is 9.34 Å². The second-order valence-corrected chi connectivity index (χ2v) is 4.49. The van der Waals surface area contributed by atoms with E-state index in [1.807, 2.05) is 19.1 Å². The smallest absolute Gasteiger partial charge is 0.311 e. The minimum atomic E-state index is -0.484. The van der Waals surface area contributed by atoms with Gasteiger partial charge in [0.2, 0.25) is 5.82 Å². The van der Waals surface area contributed by atoms with E-state index in [-0.39, 0.29) is 16.7 Å². The van der Waals surface area contributed by atoms with Gasteiger partial charge in [-0.2, -0.15) is 0 Å². The van der Waals surface area contributed by atoms with Crippen molar-refractivity contribution in [2.75, 3.05) is 11.9 Å². The first-order chi connectivity index (χ1) is 8.97. The zero-order chi connectivity index (χ0) is 14.0. The number of rotatable bonds is 4. The molecule has 100 valence electrons. The van der Waals surface area contributed by atoms with Crippen LogP contribution in [0.15, 0.2) is 28.7 Å². The maximum atomic E-state index is 11.0. The summed E-state index contributed by atoms with van der Waals surface area (Å²) in [6.07, 6.45) is 0. The van der Waals surface area contributed by atoms with Crippen molar-refractivity contribution in [2.45, 2.75) is 13.5 Å². The fraction of sp³-hybridized carbons (Fsp3) is 0.250. The topological polar surface area (TPSA) is 72.4 Å². The third-order valence-electron chi connectivity index (χ3n) is 2.57. The Morgan fingerprint density at radius 3 is 2.74 bits per heavy atom. The van der Waals surface area contributed by atoms with Crippen LogP contribution in [0.4, 0.5) is 11.5 Å². The van der Waals surface area contributed by atoms with E-state index in [1.54, 1.807) is 11.9 Å². The Kier molecular flexibility index (Phi) is 3.71. The van der Waals surface area contributed by atoms with Crippen molar-refractivity contribution >= 4 is 23.1 Å². The quantitative estimate of drug-likeness (QED) is 0.489. The SMILES string of the molecule is Cc1ccc(CN(C)c2nc(Cl)ccc2[N+](=O)[O-])o1. The second-order valence-electron chi connectivity index (χ2n) is 4.10. The summed E-state index contributed by atoms with van der Waals surface area (Å²) in [5, 5.41) is 11.2. The van der Waals surface area contributed by atoms with Crippen LogP contribution in [-0.4, -0.2) is 17.0 Å². The predicted octanol–water partition coefficient (Wildman–Crippen LogP) is 3.18. The molecule has 0 spiro atoms. The summed E-state index contributed by atoms with van der Waals surface area (Å²) in [6.45, 7) is 2.21. The highest BCUT2D eigenvalue weighted by Gasteiger charge is 2.20. The van der Waals surface area contributed by atoms with Crippen molar-refractivity contribution in [1.29, 1.82) is 0 Å². The highest BCUT2D eigenvalue weighted by Crippen LogP contribution is 2.27. The maximum Gasteiger partial charge on any atom is 0.311 e. The van der Waals surface area contributed by atoms with Gasteiger partial charge in [-0.15, -0.1) is 0 Å². The van der Waals surface area contributed by atoms with Gasteiger partial charge < -0.3 is 9.32 Å². The first-order valence-electron chi connectivity index (χ1n) is 5.55. The standard InChI is InChI=1S/C12H12ClN3O3/c1-8-3-4-9(19-8)7-15(2)12-10(16(17)18)5-6-11(13)14-12/h3-6H,7H2,1-2H3. The number of halogens is 1. The Balaban J connectivity index is 2.29. The van der Waals surface area contributed by atoms with Crippen LogP contribution in [0.25, 0.3) is 0 Å². The van der Waals surface area contributed by atoms with E-state index in [1.165, 1.54) is 12.1 Å². The molecule has 0 unspecified atom stereocenters. The summed E-state index contributed by atoms with van der Waals surface area (Å²) in [6, 6.07) is 6.40. The zero-order valence-corrected chi connectivity index (χ0v) is 11.2. The maximum absolute atomic E-state index is 11.0. The fourth-order valence-electron chi connectivity index (χ4n) is 1.72. The molecular formula is C12H12ClN3O3. The van der Waals surface area contributed by atoms with Crippen LogP contribution in [0.1, 0.15) is 11.5 Å². The van der Waals surface area contributed by atoms with Gasteiger partial charge in [0.25, 0.3) is 0 Å². The third-order valence-corrected chi connectivity index (χ3v) is 2.78. The Morgan fingerprint density at radius 2 is 2.16 bits per heavy atom. The number of aromatic nitrogens is 1. The van der Waals surface area contributed by atoms with E-state index < -0.39 is 4.92 Å². The first kappa shape index (κ1) is 13.4. The van der Waals surface area contributed by atoms with Gasteiger partial charge in [0.05, 0.1) is 11.5 Å². The number of nitrogens with zero attached hydrogens (tertiary/aromatic N) is 3. The van der Waals surface area contributed by atoms with Crippen molar-refractivity contribution in [3.8, 4) is 0 Å². The van der Waals surface area contributed by atoms with E-state index >= 15 is 0 Å². The molecule has 0 radical (unpaired) electrons. The Hall–Kier alpha value is -2.08. The van der Waals surface area contributed by atoms with Crippen molar-refractivity contribution in [2.24, 2.45) is 0 Å². The highest BCUT2D eigenvalue weighted by molar-refractivity contribution is 6.29. The van der Waals surface area contributed by atoms with Crippen LogP contribution in [0, 0.1) is 17.0 Å². The van der Waals surface area contributed by atoms with Crippen LogP contribution >= 0.6 is 11.6 Å². The van der Waals surface area contributed by atoms with Gasteiger partial charge in [-0.05, 0) is 25.1 Å². The van der Waals surface area contributed by atoms with E-state index in [0.717, 1.165) is 5.76 Å². The van der Waals surface area contributed by atoms with E-state index in [0.29, 0.717) is 12.3 Å². The largest absolute Gasteiger partial charge is 0.464 e. The van der Waals surface area contributed by atoms with Crippen molar-refractivity contribution in [1.82, 2.24) is 4.98 Å². The Bertz CT molecular complexity index is 612. The van der Waals surface area contributed by atoms with E-state index in [4.69, 9.17) is 16.0 Å². The number of anilines is 1. The lowest BCUT2D eigenvalue weighted by Gasteiger charge is -2.16. The summed E-state index contributed by atoms with van der Waals surface area (Å²) in [4.78, 5) is 16.1.